The first-order chi connectivity index (χ1) is 13.8. The first kappa shape index (κ1) is 20.0. The normalized spacial score (nSPS) is 18.4. The maximum absolute atomic E-state index is 13.7. The van der Waals surface area contributed by atoms with Crippen LogP contribution in [0, 0.1) is 5.82 Å². The highest BCUT2D eigenvalue weighted by Crippen LogP contribution is 2.33. The number of halogens is 1. The standard InChI is InChI=1S/C20H18FN3O5/c21-14-8-4-5-9-15(14)22-16(25)12-24-18(28)20(23-19(24)29,11-10-17(26)27)13-6-2-1-3-7-13/h1-9H,10-12H2,(H,22,25)(H,23,29)(H,26,27). The topological polar surface area (TPSA) is 116 Å². The van der Waals surface area contributed by atoms with Crippen molar-refractivity contribution in [1.82, 2.24) is 10.2 Å². The Bertz CT molecular complexity index is 966. The van der Waals surface area contributed by atoms with Gasteiger partial charge in [0.1, 0.15) is 17.9 Å². The quantitative estimate of drug-likeness (QED) is 0.617. The number of carbonyl (C=O) groups is 4. The van der Waals surface area contributed by atoms with Crippen LogP contribution in [-0.4, -0.2) is 40.4 Å². The summed E-state index contributed by atoms with van der Waals surface area (Å²) in [5.74, 6) is -3.28. The van der Waals surface area contributed by atoms with Crippen molar-refractivity contribution in [3.63, 3.8) is 0 Å². The number of para-hydroxylation sites is 1. The molecule has 0 radical (unpaired) electrons. The smallest absolute Gasteiger partial charge is 0.325 e. The van der Waals surface area contributed by atoms with E-state index >= 15 is 0 Å². The van der Waals surface area contributed by atoms with Gasteiger partial charge in [0.25, 0.3) is 5.91 Å². The molecule has 9 heteroatoms. The minimum absolute atomic E-state index is 0.0789. The van der Waals surface area contributed by atoms with Gasteiger partial charge in [-0.15, -0.1) is 0 Å². The lowest BCUT2D eigenvalue weighted by atomic mass is 9.85. The van der Waals surface area contributed by atoms with Crippen LogP contribution in [0.3, 0.4) is 0 Å². The second kappa shape index (κ2) is 8.09. The minimum Gasteiger partial charge on any atom is -0.481 e. The van der Waals surface area contributed by atoms with Crippen LogP contribution >= 0.6 is 0 Å². The third-order valence-electron chi connectivity index (χ3n) is 4.61. The number of rotatable bonds is 7. The summed E-state index contributed by atoms with van der Waals surface area (Å²) in [5.41, 5.74) is -1.25. The van der Waals surface area contributed by atoms with Crippen molar-refractivity contribution in [1.29, 1.82) is 0 Å². The molecule has 3 N–H and O–H groups in total. The van der Waals surface area contributed by atoms with Crippen LogP contribution in [0.1, 0.15) is 18.4 Å². The van der Waals surface area contributed by atoms with Gasteiger partial charge in [-0.2, -0.15) is 0 Å². The molecule has 150 valence electrons. The number of nitrogens with one attached hydrogen (secondary N) is 2. The second-order valence-electron chi connectivity index (χ2n) is 6.51. The fourth-order valence-corrected chi connectivity index (χ4v) is 3.19. The van der Waals surface area contributed by atoms with Crippen LogP contribution < -0.4 is 10.6 Å². The van der Waals surface area contributed by atoms with Gasteiger partial charge in [-0.3, -0.25) is 19.3 Å². The number of amides is 4. The summed E-state index contributed by atoms with van der Waals surface area (Å²) >= 11 is 0. The molecule has 8 nitrogen and oxygen atoms in total. The van der Waals surface area contributed by atoms with Gasteiger partial charge in [0, 0.05) is 6.42 Å². The van der Waals surface area contributed by atoms with E-state index in [1.807, 2.05) is 0 Å². The molecule has 1 fully saturated rings. The summed E-state index contributed by atoms with van der Waals surface area (Å²) in [6.07, 6.45) is -0.543. The molecule has 1 aliphatic rings. The van der Waals surface area contributed by atoms with Crippen molar-refractivity contribution in [3.05, 3.63) is 66.0 Å². The molecule has 4 amide bonds. The number of imide groups is 1. The van der Waals surface area contributed by atoms with E-state index in [1.54, 1.807) is 30.3 Å². The fourth-order valence-electron chi connectivity index (χ4n) is 3.19. The van der Waals surface area contributed by atoms with E-state index < -0.39 is 41.7 Å². The van der Waals surface area contributed by atoms with Crippen LogP contribution in [0.2, 0.25) is 0 Å². The molecule has 1 atom stereocenters. The number of carboxylic acids is 1. The average Bonchev–Trinajstić information content (AvgIpc) is 2.94. The summed E-state index contributed by atoms with van der Waals surface area (Å²) < 4.78 is 13.7. The lowest BCUT2D eigenvalue weighted by Crippen LogP contribution is -2.45. The Balaban J connectivity index is 1.83. The number of anilines is 1. The van der Waals surface area contributed by atoms with Crippen LogP contribution in [-0.2, 0) is 19.9 Å². The zero-order chi connectivity index (χ0) is 21.0. The van der Waals surface area contributed by atoms with Crippen molar-refractivity contribution < 1.29 is 28.7 Å². The molecule has 0 bridgehead atoms. The van der Waals surface area contributed by atoms with E-state index in [1.165, 1.54) is 18.2 Å². The Kier molecular flexibility index (Phi) is 5.58. The van der Waals surface area contributed by atoms with Gasteiger partial charge >= 0.3 is 12.0 Å². The molecule has 2 aromatic carbocycles. The first-order valence-electron chi connectivity index (χ1n) is 8.79. The van der Waals surface area contributed by atoms with Crippen molar-refractivity contribution in [3.8, 4) is 0 Å². The zero-order valence-electron chi connectivity index (χ0n) is 15.2. The summed E-state index contributed by atoms with van der Waals surface area (Å²) in [6.45, 7) is -0.638. The van der Waals surface area contributed by atoms with E-state index in [0.717, 1.165) is 6.07 Å². The van der Waals surface area contributed by atoms with E-state index in [0.29, 0.717) is 10.5 Å². The highest BCUT2D eigenvalue weighted by atomic mass is 19.1. The van der Waals surface area contributed by atoms with Gasteiger partial charge in [0.15, 0.2) is 0 Å². The molecule has 0 aliphatic carbocycles. The van der Waals surface area contributed by atoms with Gasteiger partial charge in [-0.1, -0.05) is 42.5 Å². The van der Waals surface area contributed by atoms with E-state index in [4.69, 9.17) is 5.11 Å². The summed E-state index contributed by atoms with van der Waals surface area (Å²) in [6, 6.07) is 12.9. The SMILES string of the molecule is O=C(O)CCC1(c2ccccc2)NC(=O)N(CC(=O)Nc2ccccc2F)C1=O. The Morgan fingerprint density at radius 2 is 1.72 bits per heavy atom. The highest BCUT2D eigenvalue weighted by Gasteiger charge is 2.52. The number of hydrogen-bond donors (Lipinski definition) is 3. The van der Waals surface area contributed by atoms with Crippen LogP contribution in [0.15, 0.2) is 54.6 Å². The lowest BCUT2D eigenvalue weighted by molar-refractivity contribution is -0.138. The van der Waals surface area contributed by atoms with Crippen molar-refractivity contribution in [2.75, 3.05) is 11.9 Å². The van der Waals surface area contributed by atoms with E-state index in [2.05, 4.69) is 10.6 Å². The number of urea groups is 1. The Morgan fingerprint density at radius 3 is 2.38 bits per heavy atom. The maximum Gasteiger partial charge on any atom is 0.325 e. The molecule has 0 saturated carbocycles. The summed E-state index contributed by atoms with van der Waals surface area (Å²) in [4.78, 5) is 49.6. The van der Waals surface area contributed by atoms with Crippen molar-refractivity contribution in [2.45, 2.75) is 18.4 Å². The van der Waals surface area contributed by atoms with Crippen LogP contribution in [0.4, 0.5) is 14.9 Å². The Hall–Kier alpha value is -3.75. The lowest BCUT2D eigenvalue weighted by Gasteiger charge is -2.26. The van der Waals surface area contributed by atoms with E-state index in [9.17, 15) is 23.6 Å². The van der Waals surface area contributed by atoms with Gasteiger partial charge in [0.2, 0.25) is 5.91 Å². The molecule has 3 rings (SSSR count). The number of carboxylic acid groups (broad SMARTS) is 1. The average molecular weight is 399 g/mol. The molecule has 2 aromatic rings. The molecule has 1 heterocycles. The van der Waals surface area contributed by atoms with Gasteiger partial charge in [0.05, 0.1) is 5.69 Å². The number of benzene rings is 2. The van der Waals surface area contributed by atoms with Crippen LogP contribution in [0.5, 0.6) is 0 Å². The predicted octanol–water partition coefficient (Wildman–Crippen LogP) is 2.08. The molecule has 0 aromatic heterocycles. The van der Waals surface area contributed by atoms with Crippen molar-refractivity contribution >= 4 is 29.5 Å². The molecular weight excluding hydrogens is 381 g/mol. The van der Waals surface area contributed by atoms with Crippen molar-refractivity contribution in [2.24, 2.45) is 0 Å². The molecule has 1 saturated heterocycles. The zero-order valence-corrected chi connectivity index (χ0v) is 15.2. The molecule has 1 unspecified atom stereocenters. The first-order valence-corrected chi connectivity index (χ1v) is 8.79. The maximum atomic E-state index is 13.7. The number of hydrogen-bond acceptors (Lipinski definition) is 4. The van der Waals surface area contributed by atoms with E-state index in [-0.39, 0.29) is 18.5 Å². The second-order valence-corrected chi connectivity index (χ2v) is 6.51. The monoisotopic (exact) mass is 399 g/mol. The van der Waals surface area contributed by atoms with Gasteiger partial charge in [-0.25, -0.2) is 9.18 Å². The molecule has 1 aliphatic heterocycles. The Morgan fingerprint density at radius 1 is 1.07 bits per heavy atom. The summed E-state index contributed by atoms with van der Waals surface area (Å²) in [7, 11) is 0. The minimum atomic E-state index is -1.59. The number of nitrogens with zero attached hydrogens (tertiary/aromatic N) is 1. The van der Waals surface area contributed by atoms with Gasteiger partial charge in [-0.05, 0) is 24.1 Å². The Labute approximate surface area is 165 Å². The summed E-state index contributed by atoms with van der Waals surface area (Å²) in [5, 5.41) is 13.9. The molecule has 29 heavy (non-hydrogen) atoms. The highest BCUT2D eigenvalue weighted by molar-refractivity contribution is 6.10. The van der Waals surface area contributed by atoms with Crippen LogP contribution in [0.25, 0.3) is 0 Å². The number of carbonyl (C=O) groups excluding carboxylic acids is 3. The third-order valence-corrected chi connectivity index (χ3v) is 4.61. The predicted molar refractivity (Wildman–Crippen MR) is 100 cm³/mol. The molecular formula is C20H18FN3O5. The largest absolute Gasteiger partial charge is 0.481 e. The third kappa shape index (κ3) is 4.08. The molecule has 0 spiro atoms. The number of aliphatic carboxylic acids is 1. The van der Waals surface area contributed by atoms with Gasteiger partial charge < -0.3 is 15.7 Å². The fraction of sp³-hybridized carbons (Fsp3) is 0.200.